The van der Waals surface area contributed by atoms with Crippen LogP contribution in [0.15, 0.2) is 40.9 Å². The molecule has 1 saturated heterocycles. The van der Waals surface area contributed by atoms with Gasteiger partial charge in [-0.2, -0.15) is 0 Å². The van der Waals surface area contributed by atoms with Crippen molar-refractivity contribution in [1.82, 2.24) is 5.32 Å². The molecule has 2 aliphatic rings. The van der Waals surface area contributed by atoms with Crippen LogP contribution in [-0.2, 0) is 0 Å². The van der Waals surface area contributed by atoms with Gasteiger partial charge >= 0.3 is 6.03 Å². The van der Waals surface area contributed by atoms with Crippen molar-refractivity contribution in [1.29, 1.82) is 0 Å². The van der Waals surface area contributed by atoms with Crippen molar-refractivity contribution in [2.75, 3.05) is 4.90 Å². The Morgan fingerprint density at radius 3 is 2.62 bits per heavy atom. The van der Waals surface area contributed by atoms with Gasteiger partial charge in [0, 0.05) is 22.1 Å². The number of rotatable bonds is 1. The van der Waals surface area contributed by atoms with E-state index >= 15 is 0 Å². The molecule has 0 radical (unpaired) electrons. The molecule has 1 unspecified atom stereocenters. The molecule has 4 rings (SSSR count). The van der Waals surface area contributed by atoms with E-state index in [4.69, 9.17) is 4.74 Å². The minimum atomic E-state index is -0.700. The second-order valence-corrected chi connectivity index (χ2v) is 7.76. The zero-order valence-corrected chi connectivity index (χ0v) is 15.5. The Bertz CT molecular complexity index is 831. The average Bonchev–Trinajstić information content (AvgIpc) is 2.46. The molecule has 0 aliphatic carbocycles. The van der Waals surface area contributed by atoms with E-state index in [1.807, 2.05) is 51.1 Å². The molecule has 1 N–H and O–H groups in total. The highest BCUT2D eigenvalue weighted by atomic mass is 79.9. The summed E-state index contributed by atoms with van der Waals surface area (Å²) >= 11 is 3.49. The number of amides is 2. The van der Waals surface area contributed by atoms with Crippen molar-refractivity contribution < 1.29 is 9.53 Å². The largest absolute Gasteiger partial charge is 0.467 e. The fraction of sp³-hybridized carbons (Fsp3) is 0.316. The van der Waals surface area contributed by atoms with Crippen LogP contribution in [-0.4, -0.2) is 11.8 Å². The number of hydrogen-bond acceptors (Lipinski definition) is 2. The van der Waals surface area contributed by atoms with E-state index < -0.39 is 5.72 Å². The van der Waals surface area contributed by atoms with Crippen molar-refractivity contribution in [3.05, 3.63) is 57.6 Å². The highest BCUT2D eigenvalue weighted by molar-refractivity contribution is 9.10. The average molecular weight is 387 g/mol. The van der Waals surface area contributed by atoms with Crippen LogP contribution in [0.1, 0.15) is 36.1 Å². The molecule has 2 bridgehead atoms. The minimum Gasteiger partial charge on any atom is -0.467 e. The molecule has 2 heterocycles. The van der Waals surface area contributed by atoms with Crippen molar-refractivity contribution >= 4 is 27.6 Å². The van der Waals surface area contributed by atoms with E-state index in [-0.39, 0.29) is 12.1 Å². The highest BCUT2D eigenvalue weighted by Crippen LogP contribution is 2.46. The summed E-state index contributed by atoms with van der Waals surface area (Å²) in [6, 6.07) is 11.9. The van der Waals surface area contributed by atoms with Crippen LogP contribution in [0.3, 0.4) is 0 Å². The van der Waals surface area contributed by atoms with Crippen LogP contribution in [0.5, 0.6) is 5.75 Å². The number of ether oxygens (including phenoxy) is 1. The van der Waals surface area contributed by atoms with E-state index in [1.54, 1.807) is 4.90 Å². The molecule has 124 valence electrons. The first-order valence-electron chi connectivity index (χ1n) is 8.03. The molecule has 4 nitrogen and oxygen atoms in total. The fourth-order valence-corrected chi connectivity index (χ4v) is 4.19. The van der Waals surface area contributed by atoms with E-state index in [1.165, 1.54) is 0 Å². The van der Waals surface area contributed by atoms with Crippen molar-refractivity contribution in [2.45, 2.75) is 39.0 Å². The lowest BCUT2D eigenvalue weighted by Crippen LogP contribution is -2.65. The molecule has 2 aromatic rings. The summed E-state index contributed by atoms with van der Waals surface area (Å²) < 4.78 is 7.29. The third-order valence-corrected chi connectivity index (χ3v) is 5.19. The van der Waals surface area contributed by atoms with Gasteiger partial charge in [0.2, 0.25) is 0 Å². The zero-order valence-electron chi connectivity index (χ0n) is 13.9. The maximum absolute atomic E-state index is 12.9. The summed E-state index contributed by atoms with van der Waals surface area (Å²) in [5.74, 6) is 0.825. The highest BCUT2D eigenvalue weighted by Gasteiger charge is 2.49. The molecule has 2 amide bonds. The topological polar surface area (TPSA) is 41.6 Å². The first kappa shape index (κ1) is 15.5. The number of benzene rings is 2. The second kappa shape index (κ2) is 5.24. The van der Waals surface area contributed by atoms with Crippen LogP contribution >= 0.6 is 15.9 Å². The molecule has 5 heteroatoms. The van der Waals surface area contributed by atoms with Crippen molar-refractivity contribution in [3.8, 4) is 5.75 Å². The fourth-order valence-electron chi connectivity index (χ4n) is 3.82. The molecular formula is C19H19BrN2O2. The Hall–Kier alpha value is -2.01. The smallest absolute Gasteiger partial charge is 0.325 e. The first-order valence-corrected chi connectivity index (χ1v) is 8.82. The predicted octanol–water partition coefficient (Wildman–Crippen LogP) is 4.84. The number of carbonyl (C=O) groups excluding carboxylic acids is 1. The normalized spacial score (nSPS) is 24.9. The van der Waals surface area contributed by atoms with Gasteiger partial charge in [0.15, 0.2) is 5.72 Å². The molecule has 0 spiro atoms. The maximum atomic E-state index is 12.9. The SMILES string of the molecule is Cc1cc(C)cc(N2C(=O)NC3C[C@]2(C)Oc2ccc(Br)cc23)c1. The number of urea groups is 1. The van der Waals surface area contributed by atoms with Crippen LogP contribution in [0.4, 0.5) is 10.5 Å². The first-order chi connectivity index (χ1) is 11.4. The van der Waals surface area contributed by atoms with Crippen molar-refractivity contribution in [2.24, 2.45) is 0 Å². The van der Waals surface area contributed by atoms with Gasteiger partial charge in [-0.15, -0.1) is 0 Å². The lowest BCUT2D eigenvalue weighted by atomic mass is 9.90. The quantitative estimate of drug-likeness (QED) is 0.761. The Kier molecular flexibility index (Phi) is 3.39. The lowest BCUT2D eigenvalue weighted by molar-refractivity contribution is 0.0378. The molecule has 2 aromatic carbocycles. The number of aryl methyl sites for hydroxylation is 2. The number of nitrogens with zero attached hydrogens (tertiary/aromatic N) is 1. The number of carbonyl (C=O) groups is 1. The standard InChI is InChI=1S/C19H19BrN2O2/c1-11-6-12(2)8-14(7-11)22-18(23)21-16-10-19(22,3)24-17-5-4-13(20)9-15(16)17/h4-9,16H,10H2,1-3H3,(H,21,23)/t16?,19-/m0/s1. The van der Waals surface area contributed by atoms with Crippen LogP contribution < -0.4 is 15.0 Å². The number of hydrogen-bond donors (Lipinski definition) is 1. The van der Waals surface area contributed by atoms with Gasteiger partial charge < -0.3 is 10.1 Å². The summed E-state index contributed by atoms with van der Waals surface area (Å²) in [6.45, 7) is 6.07. The molecule has 0 aromatic heterocycles. The molecule has 2 atom stereocenters. The number of anilines is 1. The summed E-state index contributed by atoms with van der Waals surface area (Å²) in [6.07, 6.45) is 0.704. The third-order valence-electron chi connectivity index (χ3n) is 4.70. The number of fused-ring (bicyclic) bond motifs is 4. The van der Waals surface area contributed by atoms with Gasteiger partial charge in [-0.25, -0.2) is 4.79 Å². The van der Waals surface area contributed by atoms with Gasteiger partial charge in [-0.1, -0.05) is 22.0 Å². The van der Waals surface area contributed by atoms with Crippen molar-refractivity contribution in [3.63, 3.8) is 0 Å². The van der Waals surface area contributed by atoms with Gasteiger partial charge in [0.1, 0.15) is 5.75 Å². The Morgan fingerprint density at radius 2 is 1.92 bits per heavy atom. The summed E-state index contributed by atoms with van der Waals surface area (Å²) in [4.78, 5) is 14.6. The molecule has 24 heavy (non-hydrogen) atoms. The molecule has 1 fully saturated rings. The van der Waals surface area contributed by atoms with Crippen LogP contribution in [0.25, 0.3) is 0 Å². The van der Waals surface area contributed by atoms with Gasteiger partial charge in [0.25, 0.3) is 0 Å². The minimum absolute atomic E-state index is 0.0362. The number of nitrogens with one attached hydrogen (secondary N) is 1. The Labute approximate surface area is 149 Å². The van der Waals surface area contributed by atoms with Gasteiger partial charge in [-0.3, -0.25) is 4.90 Å². The summed E-state index contributed by atoms with van der Waals surface area (Å²) in [5, 5.41) is 3.13. The third kappa shape index (κ3) is 2.38. The van der Waals surface area contributed by atoms with E-state index in [0.717, 1.165) is 32.6 Å². The van der Waals surface area contributed by atoms with Gasteiger partial charge in [0.05, 0.1) is 6.04 Å². The number of halogens is 1. The summed E-state index contributed by atoms with van der Waals surface area (Å²) in [5.41, 5.74) is 3.45. The molecule has 0 saturated carbocycles. The van der Waals surface area contributed by atoms with E-state index in [9.17, 15) is 4.79 Å². The molecule has 2 aliphatic heterocycles. The van der Waals surface area contributed by atoms with Crippen LogP contribution in [0.2, 0.25) is 0 Å². The maximum Gasteiger partial charge on any atom is 0.325 e. The Balaban J connectivity index is 1.82. The monoisotopic (exact) mass is 386 g/mol. The van der Waals surface area contributed by atoms with Gasteiger partial charge in [-0.05, 0) is 62.2 Å². The predicted molar refractivity (Wildman–Crippen MR) is 97.5 cm³/mol. The molecular weight excluding hydrogens is 368 g/mol. The summed E-state index contributed by atoms with van der Waals surface area (Å²) in [7, 11) is 0. The second-order valence-electron chi connectivity index (χ2n) is 6.85. The zero-order chi connectivity index (χ0) is 17.1. The van der Waals surface area contributed by atoms with E-state index in [2.05, 4.69) is 27.3 Å². The lowest BCUT2D eigenvalue weighted by Gasteiger charge is -2.50. The van der Waals surface area contributed by atoms with Crippen LogP contribution in [0, 0.1) is 13.8 Å². The van der Waals surface area contributed by atoms with E-state index in [0.29, 0.717) is 6.42 Å². The Morgan fingerprint density at radius 1 is 1.21 bits per heavy atom.